The highest BCUT2D eigenvalue weighted by Gasteiger charge is 2.17. The molecule has 0 radical (unpaired) electrons. The number of ether oxygens (including phenoxy) is 3. The van der Waals surface area contributed by atoms with Crippen LogP contribution in [0, 0.1) is 0 Å². The van der Waals surface area contributed by atoms with Crippen molar-refractivity contribution in [2.75, 3.05) is 19.8 Å². The Morgan fingerprint density at radius 1 is 0.348 bits per heavy atom. The fourth-order valence-electron chi connectivity index (χ4n) is 7.44. The quantitative estimate of drug-likeness (QED) is 0.0346. The van der Waals surface area contributed by atoms with Gasteiger partial charge in [-0.2, -0.15) is 0 Å². The zero-order valence-electron chi connectivity index (χ0n) is 43.4. The molecule has 0 spiro atoms. The Hall–Kier alpha value is -3.18. The number of carbonyl (C=O) groups excluding carboxylic acids is 2. The van der Waals surface area contributed by atoms with Crippen LogP contribution in [-0.4, -0.2) is 37.9 Å². The van der Waals surface area contributed by atoms with Gasteiger partial charge in [-0.05, 0) is 122 Å². The molecule has 0 N–H and O–H groups in total. The molecule has 1 unspecified atom stereocenters. The lowest BCUT2D eigenvalue weighted by Gasteiger charge is -2.18. The van der Waals surface area contributed by atoms with Crippen molar-refractivity contribution in [3.63, 3.8) is 0 Å². The van der Waals surface area contributed by atoms with E-state index in [0.29, 0.717) is 19.4 Å². The topological polar surface area (TPSA) is 61.8 Å². The average Bonchev–Trinajstić information content (AvgIpc) is 3.32. The predicted molar refractivity (Wildman–Crippen MR) is 288 cm³/mol. The van der Waals surface area contributed by atoms with Gasteiger partial charge in [0.05, 0.1) is 6.61 Å². The summed E-state index contributed by atoms with van der Waals surface area (Å²) in [6.07, 6.45) is 75.6. The zero-order chi connectivity index (χ0) is 47.7. The molecule has 0 aliphatic heterocycles. The highest BCUT2D eigenvalue weighted by molar-refractivity contribution is 5.70. The molecule has 0 saturated carbocycles. The van der Waals surface area contributed by atoms with Crippen molar-refractivity contribution in [3.05, 3.63) is 97.2 Å². The van der Waals surface area contributed by atoms with Crippen LogP contribution in [0.3, 0.4) is 0 Å². The minimum Gasteiger partial charge on any atom is -0.462 e. The Balaban J connectivity index is 4.34. The van der Waals surface area contributed by atoms with Gasteiger partial charge < -0.3 is 14.2 Å². The molecule has 5 heteroatoms. The minimum absolute atomic E-state index is 0.0608. The maximum Gasteiger partial charge on any atom is 0.306 e. The third-order valence-electron chi connectivity index (χ3n) is 11.6. The number of hydrogen-bond donors (Lipinski definition) is 0. The van der Waals surface area contributed by atoms with Crippen molar-refractivity contribution in [2.24, 2.45) is 0 Å². The maximum absolute atomic E-state index is 12.8. The molecule has 5 nitrogen and oxygen atoms in total. The smallest absolute Gasteiger partial charge is 0.306 e. The molecule has 0 heterocycles. The highest BCUT2D eigenvalue weighted by Crippen LogP contribution is 2.13. The second-order valence-electron chi connectivity index (χ2n) is 18.1. The maximum atomic E-state index is 12.8. The van der Waals surface area contributed by atoms with Gasteiger partial charge in [0.15, 0.2) is 6.10 Å². The van der Waals surface area contributed by atoms with E-state index in [0.717, 1.165) is 109 Å². The Labute approximate surface area is 409 Å². The van der Waals surface area contributed by atoms with Gasteiger partial charge in [-0.15, -0.1) is 0 Å². The second kappa shape index (κ2) is 56.1. The van der Waals surface area contributed by atoms with Crippen LogP contribution in [0.4, 0.5) is 0 Å². The largest absolute Gasteiger partial charge is 0.462 e. The molecule has 1 atom stereocenters. The Bertz CT molecular complexity index is 1270. The third kappa shape index (κ3) is 53.4. The average molecular weight is 917 g/mol. The molecule has 0 aromatic heterocycles. The molecule has 0 bridgehead atoms. The molecule has 0 fully saturated rings. The Morgan fingerprint density at radius 3 is 1.14 bits per heavy atom. The first-order chi connectivity index (χ1) is 32.6. The van der Waals surface area contributed by atoms with E-state index < -0.39 is 6.10 Å². The standard InChI is InChI=1S/C61H104O5/c1-4-7-10-13-16-19-22-25-27-29-30-31-33-35-38-41-44-47-50-53-56-64-57-59(66-61(63)55-52-49-46-43-40-36-24-21-18-15-12-9-6-3)58-65-60(62)54-51-48-45-42-39-37-34-32-28-26-23-20-17-14-11-8-5-2/h8,11,16-17,19-21,24-28,30-31,34,37,59H,4-7,9-10,12-15,18,22-23,29,32-33,35-36,38-58H2,1-3H3/b11-8-,19-16-,20-17-,24-21-,27-25-,28-26-,31-30-,37-34-. The van der Waals surface area contributed by atoms with Crippen molar-refractivity contribution in [3.8, 4) is 0 Å². The van der Waals surface area contributed by atoms with E-state index in [1.54, 1.807) is 0 Å². The molecular formula is C61H104O5. The minimum atomic E-state index is -0.561. The van der Waals surface area contributed by atoms with E-state index in [4.69, 9.17) is 14.2 Å². The molecule has 0 rings (SSSR count). The molecule has 0 aliphatic rings. The summed E-state index contributed by atoms with van der Waals surface area (Å²) in [6, 6.07) is 0. The van der Waals surface area contributed by atoms with Gasteiger partial charge in [0.2, 0.25) is 0 Å². The summed E-state index contributed by atoms with van der Waals surface area (Å²) in [5.74, 6) is -0.441. The summed E-state index contributed by atoms with van der Waals surface area (Å²) >= 11 is 0. The number of rotatable bonds is 50. The first kappa shape index (κ1) is 62.8. The molecule has 378 valence electrons. The second-order valence-corrected chi connectivity index (χ2v) is 18.1. The molecule has 0 amide bonds. The van der Waals surface area contributed by atoms with Crippen LogP contribution >= 0.6 is 0 Å². The summed E-state index contributed by atoms with van der Waals surface area (Å²) in [4.78, 5) is 25.5. The fourth-order valence-corrected chi connectivity index (χ4v) is 7.44. The summed E-state index contributed by atoms with van der Waals surface area (Å²) in [6.45, 7) is 7.62. The van der Waals surface area contributed by atoms with Crippen molar-refractivity contribution in [1.82, 2.24) is 0 Å². The fraction of sp³-hybridized carbons (Fsp3) is 0.705. The first-order valence-electron chi connectivity index (χ1n) is 27.8. The van der Waals surface area contributed by atoms with Gasteiger partial charge in [0.1, 0.15) is 6.61 Å². The van der Waals surface area contributed by atoms with Crippen molar-refractivity contribution in [1.29, 1.82) is 0 Å². The van der Waals surface area contributed by atoms with Crippen molar-refractivity contribution >= 4 is 11.9 Å². The first-order valence-corrected chi connectivity index (χ1v) is 27.8. The lowest BCUT2D eigenvalue weighted by molar-refractivity contribution is -0.163. The summed E-state index contributed by atoms with van der Waals surface area (Å²) in [7, 11) is 0. The predicted octanol–water partition coefficient (Wildman–Crippen LogP) is 19.0. The third-order valence-corrected chi connectivity index (χ3v) is 11.6. The van der Waals surface area contributed by atoms with Crippen LogP contribution in [0.5, 0.6) is 0 Å². The van der Waals surface area contributed by atoms with Gasteiger partial charge in [0, 0.05) is 19.4 Å². The molecule has 0 aliphatic carbocycles. The SMILES string of the molecule is CC/C=C\C/C=C\C/C=C\C/C=C\CCCCCCC(=O)OCC(COCCCCCCCCC/C=C\C/C=C\C/C=C\CCCCC)OC(=O)CCCCCCC/C=C\CCCCCC. The molecule has 0 aromatic rings. The van der Waals surface area contributed by atoms with E-state index in [1.165, 1.54) is 109 Å². The molecule has 66 heavy (non-hydrogen) atoms. The number of allylic oxidation sites excluding steroid dienone is 16. The van der Waals surface area contributed by atoms with Gasteiger partial charge in [-0.1, -0.05) is 214 Å². The Kier molecular flexibility index (Phi) is 53.4. The normalized spacial score (nSPS) is 13.0. The monoisotopic (exact) mass is 917 g/mol. The zero-order valence-corrected chi connectivity index (χ0v) is 43.4. The van der Waals surface area contributed by atoms with E-state index in [1.807, 2.05) is 0 Å². The van der Waals surface area contributed by atoms with E-state index in [2.05, 4.69) is 118 Å². The lowest BCUT2D eigenvalue weighted by Crippen LogP contribution is -2.30. The van der Waals surface area contributed by atoms with Crippen LogP contribution in [0.1, 0.15) is 252 Å². The summed E-state index contributed by atoms with van der Waals surface area (Å²) in [5, 5.41) is 0. The number of hydrogen-bond acceptors (Lipinski definition) is 5. The van der Waals surface area contributed by atoms with Crippen LogP contribution in [0.2, 0.25) is 0 Å². The van der Waals surface area contributed by atoms with Gasteiger partial charge in [0.25, 0.3) is 0 Å². The summed E-state index contributed by atoms with van der Waals surface area (Å²) in [5.41, 5.74) is 0. The van der Waals surface area contributed by atoms with Crippen LogP contribution in [-0.2, 0) is 23.8 Å². The van der Waals surface area contributed by atoms with Crippen LogP contribution in [0.15, 0.2) is 97.2 Å². The lowest BCUT2D eigenvalue weighted by atomic mass is 10.1. The van der Waals surface area contributed by atoms with E-state index in [9.17, 15) is 9.59 Å². The van der Waals surface area contributed by atoms with Crippen LogP contribution in [0.25, 0.3) is 0 Å². The number of esters is 2. The summed E-state index contributed by atoms with van der Waals surface area (Å²) < 4.78 is 17.4. The molecule has 0 saturated heterocycles. The Morgan fingerprint density at radius 2 is 0.682 bits per heavy atom. The van der Waals surface area contributed by atoms with Crippen molar-refractivity contribution < 1.29 is 23.8 Å². The van der Waals surface area contributed by atoms with Crippen LogP contribution < -0.4 is 0 Å². The van der Waals surface area contributed by atoms with E-state index in [-0.39, 0.29) is 25.2 Å². The molecule has 0 aromatic carbocycles. The highest BCUT2D eigenvalue weighted by atomic mass is 16.6. The number of carbonyl (C=O) groups is 2. The van der Waals surface area contributed by atoms with Gasteiger partial charge in [-0.25, -0.2) is 0 Å². The number of unbranched alkanes of at least 4 members (excludes halogenated alkanes) is 23. The molecular weight excluding hydrogens is 813 g/mol. The van der Waals surface area contributed by atoms with Gasteiger partial charge in [-0.3, -0.25) is 9.59 Å². The van der Waals surface area contributed by atoms with Gasteiger partial charge >= 0.3 is 11.9 Å². The van der Waals surface area contributed by atoms with E-state index >= 15 is 0 Å². The van der Waals surface area contributed by atoms with Crippen molar-refractivity contribution in [2.45, 2.75) is 258 Å².